The van der Waals surface area contributed by atoms with E-state index >= 15 is 0 Å². The van der Waals surface area contributed by atoms with Crippen LogP contribution in [0, 0.1) is 5.92 Å². The fraction of sp³-hybridized carbons (Fsp3) is 0.846. The van der Waals surface area contributed by atoms with Crippen LogP contribution < -0.4 is 0 Å². The third-order valence-corrected chi connectivity index (χ3v) is 2.94. The highest BCUT2D eigenvalue weighted by molar-refractivity contribution is 4.91. The largest absolute Gasteiger partial charge is 0.392 e. The van der Waals surface area contributed by atoms with Crippen molar-refractivity contribution in [2.45, 2.75) is 45.3 Å². The Hall–Kier alpha value is -0.380. The van der Waals surface area contributed by atoms with Gasteiger partial charge in [-0.05, 0) is 39.0 Å². The van der Waals surface area contributed by atoms with E-state index in [0.29, 0.717) is 19.0 Å². The molecule has 3 nitrogen and oxygen atoms in total. The molecule has 1 aliphatic rings. The molecular formula is C13H25NO2. The SMILES string of the molecule is C[C@@H](O)CN(C[C@@H]1CC=CCC1)C[C@@H](C)O. The van der Waals surface area contributed by atoms with Gasteiger partial charge in [-0.15, -0.1) is 0 Å². The molecule has 0 fully saturated rings. The number of aliphatic hydroxyl groups is 2. The van der Waals surface area contributed by atoms with Gasteiger partial charge in [0.25, 0.3) is 0 Å². The van der Waals surface area contributed by atoms with E-state index in [0.717, 1.165) is 13.0 Å². The van der Waals surface area contributed by atoms with Crippen LogP contribution in [0.4, 0.5) is 0 Å². The molecule has 0 aromatic heterocycles. The molecule has 3 heteroatoms. The normalized spacial score (nSPS) is 24.7. The molecule has 16 heavy (non-hydrogen) atoms. The van der Waals surface area contributed by atoms with Gasteiger partial charge in [-0.3, -0.25) is 4.90 Å². The van der Waals surface area contributed by atoms with E-state index in [1.54, 1.807) is 13.8 Å². The van der Waals surface area contributed by atoms with Crippen LogP contribution in [0.1, 0.15) is 33.1 Å². The lowest BCUT2D eigenvalue weighted by atomic mass is 9.94. The first kappa shape index (κ1) is 13.7. The van der Waals surface area contributed by atoms with E-state index in [4.69, 9.17) is 0 Å². The van der Waals surface area contributed by atoms with E-state index in [1.165, 1.54) is 12.8 Å². The van der Waals surface area contributed by atoms with Crippen molar-refractivity contribution >= 4 is 0 Å². The first-order valence-electron chi connectivity index (χ1n) is 6.31. The molecule has 1 aliphatic carbocycles. The van der Waals surface area contributed by atoms with Crippen molar-refractivity contribution in [3.05, 3.63) is 12.2 Å². The highest BCUT2D eigenvalue weighted by Crippen LogP contribution is 2.19. The topological polar surface area (TPSA) is 43.7 Å². The minimum atomic E-state index is -0.321. The summed E-state index contributed by atoms with van der Waals surface area (Å²) in [5, 5.41) is 18.9. The summed E-state index contributed by atoms with van der Waals surface area (Å²) in [6.07, 6.45) is 7.38. The van der Waals surface area contributed by atoms with Gasteiger partial charge in [0.05, 0.1) is 12.2 Å². The van der Waals surface area contributed by atoms with Crippen molar-refractivity contribution in [1.29, 1.82) is 0 Å². The van der Waals surface area contributed by atoms with Gasteiger partial charge >= 0.3 is 0 Å². The lowest BCUT2D eigenvalue weighted by molar-refractivity contribution is 0.0728. The van der Waals surface area contributed by atoms with Gasteiger partial charge in [-0.25, -0.2) is 0 Å². The van der Waals surface area contributed by atoms with Gasteiger partial charge in [-0.2, -0.15) is 0 Å². The van der Waals surface area contributed by atoms with Crippen LogP contribution >= 0.6 is 0 Å². The van der Waals surface area contributed by atoms with Crippen molar-refractivity contribution in [1.82, 2.24) is 4.90 Å². The van der Waals surface area contributed by atoms with Crippen LogP contribution in [0.25, 0.3) is 0 Å². The molecule has 0 bridgehead atoms. The number of aliphatic hydroxyl groups excluding tert-OH is 2. The number of allylic oxidation sites excluding steroid dienone is 2. The summed E-state index contributed by atoms with van der Waals surface area (Å²) in [6.45, 7) is 5.90. The standard InChI is InChI=1S/C13H25NO2/c1-11(15)8-14(9-12(2)16)10-13-6-4-3-5-7-13/h3-4,11-13,15-16H,5-10H2,1-2H3/t11-,12-,13-/m1/s1. The van der Waals surface area contributed by atoms with Crippen LogP contribution in [0.5, 0.6) is 0 Å². The molecule has 0 spiro atoms. The summed E-state index contributed by atoms with van der Waals surface area (Å²) in [4.78, 5) is 2.18. The maximum atomic E-state index is 9.43. The third-order valence-electron chi connectivity index (χ3n) is 2.94. The molecule has 0 heterocycles. The predicted octanol–water partition coefficient (Wildman–Crippen LogP) is 1.41. The van der Waals surface area contributed by atoms with Crippen LogP contribution in [0.3, 0.4) is 0 Å². The summed E-state index contributed by atoms with van der Waals surface area (Å²) in [5.41, 5.74) is 0. The molecule has 0 radical (unpaired) electrons. The van der Waals surface area contributed by atoms with E-state index in [9.17, 15) is 10.2 Å². The lowest BCUT2D eigenvalue weighted by Gasteiger charge is -2.29. The number of nitrogens with zero attached hydrogens (tertiary/aromatic N) is 1. The molecule has 0 saturated heterocycles. The average Bonchev–Trinajstić information content (AvgIpc) is 2.16. The van der Waals surface area contributed by atoms with Gasteiger partial charge in [0.2, 0.25) is 0 Å². The number of hydrogen-bond acceptors (Lipinski definition) is 3. The summed E-state index contributed by atoms with van der Waals surface area (Å²) < 4.78 is 0. The summed E-state index contributed by atoms with van der Waals surface area (Å²) in [7, 11) is 0. The predicted molar refractivity (Wildman–Crippen MR) is 66.3 cm³/mol. The minimum Gasteiger partial charge on any atom is -0.392 e. The molecule has 0 aliphatic heterocycles. The zero-order valence-electron chi connectivity index (χ0n) is 10.5. The Morgan fingerprint density at radius 3 is 2.25 bits per heavy atom. The second-order valence-corrected chi connectivity index (χ2v) is 5.07. The Morgan fingerprint density at radius 1 is 1.19 bits per heavy atom. The van der Waals surface area contributed by atoms with E-state index in [1.807, 2.05) is 0 Å². The third kappa shape index (κ3) is 5.64. The zero-order valence-corrected chi connectivity index (χ0v) is 10.5. The first-order valence-corrected chi connectivity index (χ1v) is 6.31. The Morgan fingerprint density at radius 2 is 1.81 bits per heavy atom. The van der Waals surface area contributed by atoms with Crippen molar-refractivity contribution in [3.8, 4) is 0 Å². The van der Waals surface area contributed by atoms with E-state index < -0.39 is 0 Å². The van der Waals surface area contributed by atoms with Crippen molar-refractivity contribution < 1.29 is 10.2 Å². The molecular weight excluding hydrogens is 202 g/mol. The smallest absolute Gasteiger partial charge is 0.0639 e. The molecule has 0 unspecified atom stereocenters. The molecule has 3 atom stereocenters. The van der Waals surface area contributed by atoms with Crippen LogP contribution in [0.2, 0.25) is 0 Å². The second kappa shape index (κ2) is 7.05. The zero-order chi connectivity index (χ0) is 12.0. The van der Waals surface area contributed by atoms with Gasteiger partial charge in [0.1, 0.15) is 0 Å². The van der Waals surface area contributed by atoms with Gasteiger partial charge < -0.3 is 10.2 Å². The minimum absolute atomic E-state index is 0.321. The molecule has 1 rings (SSSR count). The summed E-state index contributed by atoms with van der Waals surface area (Å²) >= 11 is 0. The molecule has 94 valence electrons. The Balaban J connectivity index is 2.38. The van der Waals surface area contributed by atoms with Gasteiger partial charge in [-0.1, -0.05) is 12.2 Å². The van der Waals surface area contributed by atoms with Crippen LogP contribution in [-0.4, -0.2) is 47.0 Å². The van der Waals surface area contributed by atoms with Gasteiger partial charge in [0, 0.05) is 19.6 Å². The molecule has 0 aromatic carbocycles. The lowest BCUT2D eigenvalue weighted by Crippen LogP contribution is -2.39. The summed E-state index contributed by atoms with van der Waals surface area (Å²) in [6, 6.07) is 0. The van der Waals surface area contributed by atoms with Crippen LogP contribution in [0.15, 0.2) is 12.2 Å². The quantitative estimate of drug-likeness (QED) is 0.674. The highest BCUT2D eigenvalue weighted by Gasteiger charge is 2.17. The Kier molecular flexibility index (Phi) is 6.03. The van der Waals surface area contributed by atoms with Crippen LogP contribution in [-0.2, 0) is 0 Å². The molecule has 2 N–H and O–H groups in total. The Bertz CT molecular complexity index is 204. The maximum absolute atomic E-state index is 9.43. The number of hydrogen-bond donors (Lipinski definition) is 2. The highest BCUT2D eigenvalue weighted by atomic mass is 16.3. The first-order chi connectivity index (χ1) is 7.58. The monoisotopic (exact) mass is 227 g/mol. The molecule has 0 aromatic rings. The van der Waals surface area contributed by atoms with E-state index in [-0.39, 0.29) is 12.2 Å². The summed E-state index contributed by atoms with van der Waals surface area (Å²) in [5.74, 6) is 0.683. The van der Waals surface area contributed by atoms with E-state index in [2.05, 4.69) is 17.1 Å². The fourth-order valence-corrected chi connectivity index (χ4v) is 2.36. The Labute approximate surface area is 98.8 Å². The van der Waals surface area contributed by atoms with Crippen molar-refractivity contribution in [3.63, 3.8) is 0 Å². The van der Waals surface area contributed by atoms with Crippen molar-refractivity contribution in [2.75, 3.05) is 19.6 Å². The maximum Gasteiger partial charge on any atom is 0.0639 e. The fourth-order valence-electron chi connectivity index (χ4n) is 2.36. The molecule has 0 saturated carbocycles. The van der Waals surface area contributed by atoms with Crippen molar-refractivity contribution in [2.24, 2.45) is 5.92 Å². The molecule has 0 amide bonds. The second-order valence-electron chi connectivity index (χ2n) is 5.07. The number of rotatable bonds is 6. The average molecular weight is 227 g/mol. The van der Waals surface area contributed by atoms with Gasteiger partial charge in [0.15, 0.2) is 0 Å².